The van der Waals surface area contributed by atoms with Gasteiger partial charge in [0.2, 0.25) is 0 Å². The predicted molar refractivity (Wildman–Crippen MR) is 79.8 cm³/mol. The Bertz CT molecular complexity index is 328. The smallest absolute Gasteiger partial charge is 0.302 e. The fourth-order valence-corrected chi connectivity index (χ4v) is 2.45. The molecule has 0 aromatic carbocycles. The molecule has 1 rings (SSSR count). The maximum Gasteiger partial charge on any atom is 0.302 e. The van der Waals surface area contributed by atoms with E-state index >= 15 is 0 Å². The molecule has 0 saturated carbocycles. The largest absolute Gasteiger partial charge is 0.460 e. The summed E-state index contributed by atoms with van der Waals surface area (Å²) in [5, 5.41) is 9.65. The number of hydrogen-bond donors (Lipinski definition) is 1. The van der Waals surface area contributed by atoms with E-state index in [0.29, 0.717) is 19.6 Å². The zero-order chi connectivity index (χ0) is 16.1. The highest BCUT2D eigenvalue weighted by Crippen LogP contribution is 2.35. The van der Waals surface area contributed by atoms with Crippen LogP contribution in [0.3, 0.4) is 0 Å². The van der Waals surface area contributed by atoms with Gasteiger partial charge in [-0.2, -0.15) is 0 Å². The lowest BCUT2D eigenvalue weighted by Gasteiger charge is -2.43. The Labute approximate surface area is 128 Å². The monoisotopic (exact) mass is 302 g/mol. The number of carbonyl (C=O) groups excluding carboxylic acids is 1. The normalized spacial score (nSPS) is 23.3. The van der Waals surface area contributed by atoms with Crippen LogP contribution in [-0.2, 0) is 19.0 Å². The Hall–Kier alpha value is -0.650. The van der Waals surface area contributed by atoms with Gasteiger partial charge >= 0.3 is 5.97 Å². The van der Waals surface area contributed by atoms with E-state index in [1.54, 1.807) is 6.92 Å². The van der Waals surface area contributed by atoms with Gasteiger partial charge in [0.1, 0.15) is 6.10 Å². The number of aliphatic hydroxyl groups is 1. The van der Waals surface area contributed by atoms with Crippen molar-refractivity contribution in [2.24, 2.45) is 5.41 Å². The molecule has 5 nitrogen and oxygen atoms in total. The summed E-state index contributed by atoms with van der Waals surface area (Å²) in [6, 6.07) is 0. The zero-order valence-electron chi connectivity index (χ0n) is 14.0. The molecule has 0 aromatic heterocycles. The number of aliphatic hydroxyl groups excluding tert-OH is 1. The standard InChI is InChI=1S/C16H30O5/c1-6-16(19-10-15(4,5)11-20-16)9-7-8-14(12(2)17)21-13(3)18/h12,14,17H,6-11H2,1-5H3/t12-,14+/m1/s1. The van der Waals surface area contributed by atoms with Crippen LogP contribution in [0.4, 0.5) is 0 Å². The third kappa shape index (κ3) is 5.93. The molecule has 1 fully saturated rings. The maximum absolute atomic E-state index is 11.0. The SMILES string of the molecule is CCC1(CCC[C@H](OC(C)=O)[C@@H](C)O)OCC(C)(C)CO1. The molecule has 1 saturated heterocycles. The van der Waals surface area contributed by atoms with E-state index in [0.717, 1.165) is 19.3 Å². The third-order valence-electron chi connectivity index (χ3n) is 3.89. The molecule has 0 amide bonds. The van der Waals surface area contributed by atoms with Gasteiger partial charge in [-0.1, -0.05) is 20.8 Å². The summed E-state index contributed by atoms with van der Waals surface area (Å²) < 4.78 is 17.1. The molecule has 124 valence electrons. The van der Waals surface area contributed by atoms with Crippen LogP contribution in [0.15, 0.2) is 0 Å². The summed E-state index contributed by atoms with van der Waals surface area (Å²) in [6.07, 6.45) is 1.78. The fraction of sp³-hybridized carbons (Fsp3) is 0.938. The van der Waals surface area contributed by atoms with Crippen molar-refractivity contribution in [3.8, 4) is 0 Å². The second kappa shape index (κ2) is 7.56. The van der Waals surface area contributed by atoms with E-state index in [2.05, 4.69) is 20.8 Å². The topological polar surface area (TPSA) is 65.0 Å². The lowest BCUT2D eigenvalue weighted by Crippen LogP contribution is -2.47. The van der Waals surface area contributed by atoms with Gasteiger partial charge in [0, 0.05) is 18.8 Å². The minimum atomic E-state index is -0.668. The number of rotatable bonds is 7. The predicted octanol–water partition coefficient (Wildman–Crippen LogP) is 2.65. The third-order valence-corrected chi connectivity index (χ3v) is 3.89. The number of carbonyl (C=O) groups is 1. The van der Waals surface area contributed by atoms with Crippen molar-refractivity contribution in [1.82, 2.24) is 0 Å². The van der Waals surface area contributed by atoms with Gasteiger partial charge in [0.05, 0.1) is 19.3 Å². The van der Waals surface area contributed by atoms with Crippen molar-refractivity contribution in [3.63, 3.8) is 0 Å². The summed E-state index contributed by atoms with van der Waals surface area (Å²) in [4.78, 5) is 11.0. The highest BCUT2D eigenvalue weighted by molar-refractivity contribution is 5.66. The van der Waals surface area contributed by atoms with Crippen molar-refractivity contribution < 1.29 is 24.1 Å². The van der Waals surface area contributed by atoms with Crippen molar-refractivity contribution in [2.45, 2.75) is 78.3 Å². The van der Waals surface area contributed by atoms with Crippen LogP contribution >= 0.6 is 0 Å². The Morgan fingerprint density at radius 1 is 1.33 bits per heavy atom. The summed E-state index contributed by atoms with van der Waals surface area (Å²) in [5.41, 5.74) is 0.0541. The molecule has 21 heavy (non-hydrogen) atoms. The van der Waals surface area contributed by atoms with Gasteiger partial charge in [0.15, 0.2) is 5.79 Å². The molecule has 1 N–H and O–H groups in total. The van der Waals surface area contributed by atoms with Crippen molar-refractivity contribution in [1.29, 1.82) is 0 Å². The van der Waals surface area contributed by atoms with Gasteiger partial charge in [0.25, 0.3) is 0 Å². The van der Waals surface area contributed by atoms with Crippen molar-refractivity contribution in [3.05, 3.63) is 0 Å². The van der Waals surface area contributed by atoms with Crippen LogP contribution in [0.1, 0.15) is 60.3 Å². The first-order valence-corrected chi connectivity index (χ1v) is 7.83. The summed E-state index contributed by atoms with van der Waals surface area (Å²) >= 11 is 0. The molecule has 0 aliphatic carbocycles. The number of esters is 1. The molecule has 0 unspecified atom stereocenters. The molecule has 1 aliphatic rings. The first kappa shape index (κ1) is 18.4. The quantitative estimate of drug-likeness (QED) is 0.732. The van der Waals surface area contributed by atoms with Crippen LogP contribution in [0.25, 0.3) is 0 Å². The lowest BCUT2D eigenvalue weighted by atomic mass is 9.93. The van der Waals surface area contributed by atoms with Crippen LogP contribution < -0.4 is 0 Å². The first-order valence-electron chi connectivity index (χ1n) is 7.83. The second-order valence-electron chi connectivity index (χ2n) is 6.79. The molecule has 2 atom stereocenters. The molecule has 0 aromatic rings. The first-order chi connectivity index (χ1) is 9.70. The van der Waals surface area contributed by atoms with Crippen LogP contribution in [0, 0.1) is 5.41 Å². The lowest BCUT2D eigenvalue weighted by molar-refractivity contribution is -0.303. The van der Waals surface area contributed by atoms with Crippen molar-refractivity contribution >= 4 is 5.97 Å². The van der Waals surface area contributed by atoms with E-state index in [4.69, 9.17) is 14.2 Å². The van der Waals surface area contributed by atoms with E-state index in [1.807, 2.05) is 0 Å². The average molecular weight is 302 g/mol. The minimum absolute atomic E-state index is 0.0541. The summed E-state index contributed by atoms with van der Waals surface area (Å²) in [7, 11) is 0. The van der Waals surface area contributed by atoms with E-state index in [-0.39, 0.29) is 11.4 Å². The molecule has 0 spiro atoms. The zero-order valence-corrected chi connectivity index (χ0v) is 14.0. The van der Waals surface area contributed by atoms with Gasteiger partial charge in [-0.3, -0.25) is 4.79 Å². The Kier molecular flexibility index (Phi) is 6.63. The Balaban J connectivity index is 2.46. The number of hydrogen-bond acceptors (Lipinski definition) is 5. The van der Waals surface area contributed by atoms with E-state index in [1.165, 1.54) is 6.92 Å². The van der Waals surface area contributed by atoms with Gasteiger partial charge in [-0.25, -0.2) is 0 Å². The average Bonchev–Trinajstić information content (AvgIpc) is 2.39. The number of ether oxygens (including phenoxy) is 3. The molecule has 5 heteroatoms. The fourth-order valence-electron chi connectivity index (χ4n) is 2.45. The van der Waals surface area contributed by atoms with Crippen LogP contribution in [0.2, 0.25) is 0 Å². The maximum atomic E-state index is 11.0. The highest BCUT2D eigenvalue weighted by atomic mass is 16.7. The Morgan fingerprint density at radius 2 is 1.90 bits per heavy atom. The molecular formula is C16H30O5. The summed E-state index contributed by atoms with van der Waals surface area (Å²) in [6.45, 7) is 10.7. The van der Waals surface area contributed by atoms with E-state index in [9.17, 15) is 9.90 Å². The molecular weight excluding hydrogens is 272 g/mol. The minimum Gasteiger partial charge on any atom is -0.460 e. The summed E-state index contributed by atoms with van der Waals surface area (Å²) in [5.74, 6) is -0.896. The Morgan fingerprint density at radius 3 is 2.33 bits per heavy atom. The molecule has 0 radical (unpaired) electrons. The van der Waals surface area contributed by atoms with E-state index < -0.39 is 18.0 Å². The second-order valence-corrected chi connectivity index (χ2v) is 6.79. The van der Waals surface area contributed by atoms with Gasteiger partial charge in [-0.05, 0) is 26.2 Å². The van der Waals surface area contributed by atoms with Gasteiger partial charge < -0.3 is 19.3 Å². The highest BCUT2D eigenvalue weighted by Gasteiger charge is 2.39. The molecule has 1 heterocycles. The molecule has 0 bridgehead atoms. The van der Waals surface area contributed by atoms with Crippen molar-refractivity contribution in [2.75, 3.05) is 13.2 Å². The van der Waals surface area contributed by atoms with Crippen LogP contribution in [-0.4, -0.2) is 42.3 Å². The molecule has 1 aliphatic heterocycles. The van der Waals surface area contributed by atoms with Gasteiger partial charge in [-0.15, -0.1) is 0 Å². The van der Waals surface area contributed by atoms with Crippen LogP contribution in [0.5, 0.6) is 0 Å².